The monoisotopic (exact) mass is 466 g/mol. The maximum atomic E-state index is 12.7. The van der Waals surface area contributed by atoms with Crippen LogP contribution in [0.3, 0.4) is 0 Å². The number of aromatic nitrogens is 3. The highest BCUT2D eigenvalue weighted by molar-refractivity contribution is 8.00. The molecule has 7 heteroatoms. The Morgan fingerprint density at radius 1 is 0.970 bits per heavy atom. The quantitative estimate of drug-likeness (QED) is 0.354. The lowest BCUT2D eigenvalue weighted by atomic mass is 10.0. The van der Waals surface area contributed by atoms with Crippen LogP contribution in [-0.2, 0) is 11.3 Å². The number of carbonyl (C=O) groups is 1. The molecule has 0 aliphatic carbocycles. The Morgan fingerprint density at radius 2 is 1.64 bits per heavy atom. The normalized spacial score (nSPS) is 13.2. The summed E-state index contributed by atoms with van der Waals surface area (Å²) in [6.07, 6.45) is -0.274. The fourth-order valence-electron chi connectivity index (χ4n) is 3.39. The van der Waals surface area contributed by atoms with Crippen LogP contribution in [0.15, 0.2) is 59.8 Å². The van der Waals surface area contributed by atoms with Crippen molar-refractivity contribution >= 4 is 23.4 Å². The van der Waals surface area contributed by atoms with Gasteiger partial charge in [0.1, 0.15) is 5.75 Å². The second-order valence-electron chi connectivity index (χ2n) is 8.94. The molecule has 1 aromatic heterocycles. The minimum absolute atomic E-state index is 0.0682. The molecule has 0 spiro atoms. The maximum absolute atomic E-state index is 12.7. The van der Waals surface area contributed by atoms with Gasteiger partial charge in [0.05, 0.1) is 5.25 Å². The zero-order chi connectivity index (χ0) is 24.0. The summed E-state index contributed by atoms with van der Waals surface area (Å²) in [5, 5.41) is 12.2. The van der Waals surface area contributed by atoms with Gasteiger partial charge in [-0.1, -0.05) is 69.8 Å². The fraction of sp³-hybridized carbons (Fsp3) is 0.423. The summed E-state index contributed by atoms with van der Waals surface area (Å²) in [7, 11) is 0. The van der Waals surface area contributed by atoms with Gasteiger partial charge in [-0.15, -0.1) is 10.2 Å². The van der Waals surface area contributed by atoms with E-state index >= 15 is 0 Å². The number of carbonyl (C=O) groups excluding carboxylic acids is 1. The van der Waals surface area contributed by atoms with Crippen molar-refractivity contribution < 1.29 is 9.53 Å². The van der Waals surface area contributed by atoms with Gasteiger partial charge in [0, 0.05) is 12.2 Å². The molecule has 1 N–H and O–H groups in total. The molecule has 176 valence electrons. The van der Waals surface area contributed by atoms with Crippen molar-refractivity contribution in [2.75, 3.05) is 5.32 Å². The number of rotatable bonds is 10. The Morgan fingerprint density at radius 3 is 2.24 bits per heavy atom. The first-order valence-corrected chi connectivity index (χ1v) is 12.3. The van der Waals surface area contributed by atoms with E-state index in [0.717, 1.165) is 29.0 Å². The molecule has 0 radical (unpaired) electrons. The first kappa shape index (κ1) is 24.8. The highest BCUT2D eigenvalue weighted by atomic mass is 32.2. The van der Waals surface area contributed by atoms with Crippen LogP contribution < -0.4 is 10.1 Å². The molecule has 1 amide bonds. The van der Waals surface area contributed by atoms with Crippen LogP contribution >= 0.6 is 11.8 Å². The number of para-hydroxylation sites is 1. The van der Waals surface area contributed by atoms with Gasteiger partial charge >= 0.3 is 0 Å². The Kier molecular flexibility index (Phi) is 8.55. The number of hydrogen-bond acceptors (Lipinski definition) is 5. The van der Waals surface area contributed by atoms with Crippen molar-refractivity contribution in [3.8, 4) is 5.75 Å². The molecule has 0 aliphatic heterocycles. The number of hydrogen-bond donors (Lipinski definition) is 1. The molecule has 0 fully saturated rings. The van der Waals surface area contributed by atoms with E-state index in [4.69, 9.17) is 4.74 Å². The van der Waals surface area contributed by atoms with Gasteiger partial charge in [0.15, 0.2) is 17.1 Å². The van der Waals surface area contributed by atoms with Crippen molar-refractivity contribution in [1.29, 1.82) is 0 Å². The van der Waals surface area contributed by atoms with Gasteiger partial charge in [0.25, 0.3) is 0 Å². The SMILES string of the molecule is CC(C)Cn1c(SC(C)C(=O)Nc2ccccc2)nnc1C(C)Oc1ccc(C(C)C)cc1. The Bertz CT molecular complexity index is 1030. The van der Waals surface area contributed by atoms with Crippen LogP contribution in [-0.4, -0.2) is 25.9 Å². The average molecular weight is 467 g/mol. The average Bonchev–Trinajstić information content (AvgIpc) is 3.16. The summed E-state index contributed by atoms with van der Waals surface area (Å²) in [4.78, 5) is 12.7. The summed E-state index contributed by atoms with van der Waals surface area (Å²) in [6.45, 7) is 13.3. The summed E-state index contributed by atoms with van der Waals surface area (Å²) in [5.41, 5.74) is 2.06. The Labute approximate surface area is 201 Å². The minimum atomic E-state index is -0.326. The molecule has 33 heavy (non-hydrogen) atoms. The van der Waals surface area contributed by atoms with Gasteiger partial charge in [-0.3, -0.25) is 4.79 Å². The summed E-state index contributed by atoms with van der Waals surface area (Å²) in [5.74, 6) is 2.36. The maximum Gasteiger partial charge on any atom is 0.237 e. The number of benzene rings is 2. The molecule has 3 rings (SSSR count). The van der Waals surface area contributed by atoms with E-state index in [1.807, 2.05) is 56.3 Å². The van der Waals surface area contributed by atoms with E-state index in [9.17, 15) is 4.79 Å². The predicted molar refractivity (Wildman–Crippen MR) is 135 cm³/mol. The van der Waals surface area contributed by atoms with Gasteiger partial charge < -0.3 is 14.6 Å². The highest BCUT2D eigenvalue weighted by Crippen LogP contribution is 2.29. The highest BCUT2D eigenvalue weighted by Gasteiger charge is 2.24. The van der Waals surface area contributed by atoms with E-state index in [0.29, 0.717) is 11.8 Å². The summed E-state index contributed by atoms with van der Waals surface area (Å²) >= 11 is 1.41. The molecule has 3 aromatic rings. The number of amides is 1. The van der Waals surface area contributed by atoms with Crippen molar-refractivity contribution in [3.05, 3.63) is 66.0 Å². The Hall–Kier alpha value is -2.80. The molecular weight excluding hydrogens is 432 g/mol. The number of nitrogens with zero attached hydrogens (tertiary/aromatic N) is 3. The smallest absolute Gasteiger partial charge is 0.237 e. The molecule has 1 heterocycles. The van der Waals surface area contributed by atoms with Crippen LogP contribution in [0.1, 0.15) is 65.0 Å². The van der Waals surface area contributed by atoms with E-state index in [1.54, 1.807) is 0 Å². The minimum Gasteiger partial charge on any atom is -0.483 e. The predicted octanol–water partition coefficient (Wildman–Crippen LogP) is 6.32. The summed E-state index contributed by atoms with van der Waals surface area (Å²) in [6, 6.07) is 17.7. The topological polar surface area (TPSA) is 69.0 Å². The molecule has 2 unspecified atom stereocenters. The molecular formula is C26H34N4O2S. The van der Waals surface area contributed by atoms with Crippen LogP contribution in [0.2, 0.25) is 0 Å². The van der Waals surface area contributed by atoms with E-state index in [-0.39, 0.29) is 17.3 Å². The standard InChI is InChI=1S/C26H34N4O2S/c1-17(2)16-30-24(19(5)32-23-14-12-21(13-15-23)18(3)4)28-29-26(30)33-20(6)25(31)27-22-10-8-7-9-11-22/h7-15,17-20H,16H2,1-6H3,(H,27,31). The lowest BCUT2D eigenvalue weighted by Gasteiger charge is -2.19. The lowest BCUT2D eigenvalue weighted by Crippen LogP contribution is -2.23. The second kappa shape index (κ2) is 11.4. The van der Waals surface area contributed by atoms with Crippen molar-refractivity contribution in [1.82, 2.24) is 14.8 Å². The fourth-order valence-corrected chi connectivity index (χ4v) is 4.26. The van der Waals surface area contributed by atoms with Crippen molar-refractivity contribution in [3.63, 3.8) is 0 Å². The summed E-state index contributed by atoms with van der Waals surface area (Å²) < 4.78 is 8.27. The largest absolute Gasteiger partial charge is 0.483 e. The molecule has 0 aliphatic rings. The third-order valence-electron chi connectivity index (χ3n) is 5.21. The second-order valence-corrected chi connectivity index (χ2v) is 10.3. The van der Waals surface area contributed by atoms with Crippen LogP contribution in [0.5, 0.6) is 5.75 Å². The van der Waals surface area contributed by atoms with Crippen molar-refractivity contribution in [2.24, 2.45) is 5.92 Å². The van der Waals surface area contributed by atoms with Crippen LogP contribution in [0.25, 0.3) is 0 Å². The van der Waals surface area contributed by atoms with E-state index < -0.39 is 0 Å². The Balaban J connectivity index is 1.73. The van der Waals surface area contributed by atoms with E-state index in [2.05, 4.69) is 59.9 Å². The van der Waals surface area contributed by atoms with Gasteiger partial charge in [-0.05, 0) is 55.5 Å². The van der Waals surface area contributed by atoms with Crippen LogP contribution in [0, 0.1) is 5.92 Å². The van der Waals surface area contributed by atoms with Gasteiger partial charge in [0.2, 0.25) is 5.91 Å². The molecule has 2 atom stereocenters. The molecule has 0 bridgehead atoms. The van der Waals surface area contributed by atoms with E-state index in [1.165, 1.54) is 17.3 Å². The zero-order valence-corrected chi connectivity index (χ0v) is 21.1. The van der Waals surface area contributed by atoms with Gasteiger partial charge in [-0.25, -0.2) is 0 Å². The number of anilines is 1. The molecule has 2 aromatic carbocycles. The third-order valence-corrected chi connectivity index (χ3v) is 6.29. The zero-order valence-electron chi connectivity index (χ0n) is 20.3. The lowest BCUT2D eigenvalue weighted by molar-refractivity contribution is -0.115. The van der Waals surface area contributed by atoms with Gasteiger partial charge in [-0.2, -0.15) is 0 Å². The molecule has 6 nitrogen and oxygen atoms in total. The van der Waals surface area contributed by atoms with Crippen molar-refractivity contribution in [2.45, 2.75) is 70.5 Å². The first-order chi connectivity index (χ1) is 15.7. The number of nitrogens with one attached hydrogen (secondary N) is 1. The number of thioether (sulfide) groups is 1. The first-order valence-electron chi connectivity index (χ1n) is 11.5. The third kappa shape index (κ3) is 6.84. The number of ether oxygens (including phenoxy) is 1. The molecule has 0 saturated carbocycles. The molecule has 0 saturated heterocycles. The van der Waals surface area contributed by atoms with Crippen LogP contribution in [0.4, 0.5) is 5.69 Å².